The number of methoxy groups -OCH3 is 1. The second-order valence-electron chi connectivity index (χ2n) is 20.0. The summed E-state index contributed by atoms with van der Waals surface area (Å²) in [6.45, 7) is 13.7. The number of aromatic nitrogens is 2. The van der Waals surface area contributed by atoms with Crippen molar-refractivity contribution in [3.63, 3.8) is 0 Å². The molecule has 16 nitrogen and oxygen atoms in total. The molecule has 3 aliphatic heterocycles. The van der Waals surface area contributed by atoms with Crippen LogP contribution < -0.4 is 21.4 Å². The number of likely N-dealkylation sites (N-methyl/N-ethyl adjacent to an activating group) is 1. The number of carbonyl (C=O) groups is 5. The van der Waals surface area contributed by atoms with E-state index >= 15 is 0 Å². The van der Waals surface area contributed by atoms with E-state index in [9.17, 15) is 29.1 Å². The average molecular weight is 919 g/mol. The number of hydrazine groups is 1. The molecule has 5 heterocycles. The van der Waals surface area contributed by atoms with E-state index in [1.165, 1.54) is 9.91 Å². The van der Waals surface area contributed by atoms with Crippen LogP contribution in [0.4, 0.5) is 0 Å². The maximum absolute atomic E-state index is 14.7. The minimum Gasteiger partial charge on any atom is -0.508 e. The molecular weight excluding hydrogens is 853 g/mol. The van der Waals surface area contributed by atoms with Crippen LogP contribution in [0.15, 0.2) is 54.7 Å². The predicted molar refractivity (Wildman–Crippen MR) is 253 cm³/mol. The summed E-state index contributed by atoms with van der Waals surface area (Å²) >= 11 is 0. The number of hydrogen-bond acceptors (Lipinski definition) is 11. The van der Waals surface area contributed by atoms with Crippen LogP contribution in [0.5, 0.6) is 5.75 Å². The summed E-state index contributed by atoms with van der Waals surface area (Å²) in [5, 5.41) is 22.7. The first-order chi connectivity index (χ1) is 32.0. The van der Waals surface area contributed by atoms with Crippen LogP contribution in [-0.2, 0) is 52.8 Å². The predicted octanol–water partition coefficient (Wildman–Crippen LogP) is 4.80. The molecule has 2 aromatic carbocycles. The lowest BCUT2D eigenvalue weighted by atomic mass is 9.78. The Morgan fingerprint density at radius 2 is 1.82 bits per heavy atom. The van der Waals surface area contributed by atoms with Crippen molar-refractivity contribution < 1.29 is 38.6 Å². The van der Waals surface area contributed by atoms with Crippen molar-refractivity contribution in [2.45, 2.75) is 123 Å². The fraction of sp³-hybridized carbons (Fsp3) is 0.529. The normalized spacial score (nSPS) is 23.7. The first kappa shape index (κ1) is 47.6. The second-order valence-corrected chi connectivity index (χ2v) is 20.0. The number of benzene rings is 2. The summed E-state index contributed by atoms with van der Waals surface area (Å²) in [7, 11) is 3.28. The SMILES string of the molecule is CCn1c(-c2cccnc2[C@H](C)OC)c2c3cc(ccc31)-c1cc(O)cc(c1)C[C@H](NC(=O)[C@H](C(C)C)N(C)C(=O)[C@H]1C[C@H](NC(=O)[C@@H]3CN3)C1)C(=O)N1CCC[C@H](N1)C(=O)OCC(C)(C)C2. The van der Waals surface area contributed by atoms with Gasteiger partial charge in [-0.05, 0) is 111 Å². The number of aromatic hydroxyl groups is 1. The Kier molecular flexibility index (Phi) is 13.8. The van der Waals surface area contributed by atoms with Crippen molar-refractivity contribution in [2.75, 3.05) is 33.9 Å². The molecule has 0 unspecified atom stereocenters. The molecule has 4 aliphatic rings. The number of pyridine rings is 1. The number of esters is 1. The smallest absolute Gasteiger partial charge is 0.324 e. The number of hydrogen-bond donors (Lipinski definition) is 5. The van der Waals surface area contributed by atoms with E-state index < -0.39 is 41.3 Å². The van der Waals surface area contributed by atoms with Gasteiger partial charge in [0.15, 0.2) is 0 Å². The van der Waals surface area contributed by atoms with Gasteiger partial charge in [-0.1, -0.05) is 39.8 Å². The van der Waals surface area contributed by atoms with E-state index in [0.29, 0.717) is 50.8 Å². The van der Waals surface area contributed by atoms with E-state index in [2.05, 4.69) is 64.9 Å². The summed E-state index contributed by atoms with van der Waals surface area (Å²) in [5.41, 5.74) is 9.58. The van der Waals surface area contributed by atoms with Crippen LogP contribution in [0.1, 0.15) is 90.2 Å². The Morgan fingerprint density at radius 1 is 1.06 bits per heavy atom. The standard InChI is InChI=1S/C51H66N8O8/c1-9-58-42-15-14-31-24-37(42)38(45(58)36-12-10-16-52-43(36)29(4)66-8)25-51(5,6)27-67-50(65)39-13-11-17-59(56-39)49(64)40(20-30-18-32(31)23-35(60)19-30)55-47(62)44(28(2)3)57(7)48(63)33-21-34(22-33)54-46(61)41-26-53-41/h10,12,14-16,18-19,23-24,28-29,33-34,39-41,44,53,56,60H,9,11,13,17,20-22,25-27H2,1-8H3,(H,54,61)(H,55,62)/t29-,33-,34-,39-,40-,41-,44-/m0/s1. The number of fused-ring (bicyclic) bond motifs is 6. The molecule has 67 heavy (non-hydrogen) atoms. The fourth-order valence-electron chi connectivity index (χ4n) is 10.2. The molecule has 4 aromatic rings. The van der Waals surface area contributed by atoms with Gasteiger partial charge in [0.1, 0.15) is 23.9 Å². The zero-order chi connectivity index (χ0) is 47.9. The maximum Gasteiger partial charge on any atom is 0.324 e. The van der Waals surface area contributed by atoms with Gasteiger partial charge in [0.2, 0.25) is 17.7 Å². The van der Waals surface area contributed by atoms with Crippen LogP contribution in [0.3, 0.4) is 0 Å². The topological polar surface area (TPSA) is 206 Å². The van der Waals surface area contributed by atoms with E-state index in [1.807, 2.05) is 39.0 Å². The highest BCUT2D eigenvalue weighted by atomic mass is 16.5. The van der Waals surface area contributed by atoms with Gasteiger partial charge in [-0.3, -0.25) is 34.0 Å². The Balaban J connectivity index is 1.16. The van der Waals surface area contributed by atoms with E-state index in [0.717, 1.165) is 44.5 Å². The molecule has 3 fully saturated rings. The molecule has 0 spiro atoms. The van der Waals surface area contributed by atoms with Crippen LogP contribution in [0.2, 0.25) is 0 Å². The van der Waals surface area contributed by atoms with Gasteiger partial charge in [-0.25, -0.2) is 5.43 Å². The molecule has 16 heteroatoms. The molecule has 358 valence electrons. The molecule has 8 rings (SSSR count). The highest BCUT2D eigenvalue weighted by Crippen LogP contribution is 2.42. The molecular formula is C51H66N8O8. The van der Waals surface area contributed by atoms with Crippen molar-refractivity contribution in [3.8, 4) is 28.1 Å². The number of nitrogens with zero attached hydrogens (tertiary/aromatic N) is 4. The first-order valence-electron chi connectivity index (χ1n) is 23.8. The molecule has 6 bridgehead atoms. The highest BCUT2D eigenvalue weighted by molar-refractivity contribution is 5.96. The van der Waals surface area contributed by atoms with Gasteiger partial charge in [0.05, 0.1) is 30.1 Å². The molecule has 1 saturated carbocycles. The van der Waals surface area contributed by atoms with E-state index in [4.69, 9.17) is 14.5 Å². The number of cyclic esters (lactones) is 1. The Labute approximate surface area is 392 Å². The zero-order valence-electron chi connectivity index (χ0n) is 40.0. The van der Waals surface area contributed by atoms with Crippen molar-refractivity contribution in [1.82, 2.24) is 40.8 Å². The van der Waals surface area contributed by atoms with Gasteiger partial charge in [-0.15, -0.1) is 0 Å². The Bertz CT molecular complexity index is 2540. The molecule has 5 N–H and O–H groups in total. The monoisotopic (exact) mass is 919 g/mol. The molecule has 1 aliphatic carbocycles. The summed E-state index contributed by atoms with van der Waals surface area (Å²) < 4.78 is 14.2. The van der Waals surface area contributed by atoms with Gasteiger partial charge in [-0.2, -0.15) is 0 Å². The van der Waals surface area contributed by atoms with Crippen molar-refractivity contribution in [1.29, 1.82) is 0 Å². The molecule has 5 atom stereocenters. The number of phenols is 1. The number of ether oxygens (including phenoxy) is 2. The quantitative estimate of drug-likeness (QED) is 0.102. The molecule has 0 radical (unpaired) electrons. The third-order valence-corrected chi connectivity index (χ3v) is 13.9. The van der Waals surface area contributed by atoms with Gasteiger partial charge in [0.25, 0.3) is 5.91 Å². The Hall–Kier alpha value is -5.84. The number of phenolic OH excluding ortho intramolecular Hbond substituents is 1. The lowest BCUT2D eigenvalue weighted by Gasteiger charge is -2.40. The molecule has 2 saturated heterocycles. The molecule has 4 amide bonds. The minimum absolute atomic E-state index is 0.00110. The van der Waals surface area contributed by atoms with Gasteiger partial charge < -0.3 is 40.0 Å². The van der Waals surface area contributed by atoms with E-state index in [-0.39, 0.29) is 67.2 Å². The lowest BCUT2D eigenvalue weighted by Crippen LogP contribution is -2.62. The van der Waals surface area contributed by atoms with Gasteiger partial charge in [0, 0.05) is 80.3 Å². The highest BCUT2D eigenvalue weighted by Gasteiger charge is 2.43. The zero-order valence-corrected chi connectivity index (χ0v) is 40.0. The van der Waals surface area contributed by atoms with Crippen LogP contribution in [0.25, 0.3) is 33.3 Å². The fourth-order valence-corrected chi connectivity index (χ4v) is 10.2. The molecule has 2 aromatic heterocycles. The van der Waals surface area contributed by atoms with Crippen LogP contribution in [-0.4, -0.2) is 118 Å². The summed E-state index contributed by atoms with van der Waals surface area (Å²) in [5.74, 6) is -2.39. The number of aryl methyl sites for hydroxylation is 1. The van der Waals surface area contributed by atoms with Crippen molar-refractivity contribution in [3.05, 3.63) is 71.5 Å². The minimum atomic E-state index is -1.15. The van der Waals surface area contributed by atoms with Crippen LogP contribution >= 0.6 is 0 Å². The largest absolute Gasteiger partial charge is 0.508 e. The second kappa shape index (κ2) is 19.4. The number of amides is 4. The number of rotatable bonds is 11. The number of carbonyl (C=O) groups excluding carboxylic acids is 5. The Morgan fingerprint density at radius 3 is 2.52 bits per heavy atom. The summed E-state index contributed by atoms with van der Waals surface area (Å²) in [4.78, 5) is 75.5. The lowest BCUT2D eigenvalue weighted by molar-refractivity contribution is -0.155. The van der Waals surface area contributed by atoms with Crippen LogP contribution in [0, 0.1) is 17.3 Å². The summed E-state index contributed by atoms with van der Waals surface area (Å²) in [6, 6.07) is 12.3. The summed E-state index contributed by atoms with van der Waals surface area (Å²) in [6.07, 6.45) is 3.96. The van der Waals surface area contributed by atoms with Gasteiger partial charge >= 0.3 is 5.97 Å². The first-order valence-corrected chi connectivity index (χ1v) is 23.8. The maximum atomic E-state index is 14.7. The number of nitrogens with one attached hydrogen (secondary N) is 4. The average Bonchev–Trinajstić information content (AvgIpc) is 4.11. The van der Waals surface area contributed by atoms with Crippen molar-refractivity contribution >= 4 is 40.5 Å². The van der Waals surface area contributed by atoms with Crippen molar-refractivity contribution in [2.24, 2.45) is 17.3 Å². The van der Waals surface area contributed by atoms with E-state index in [1.54, 1.807) is 32.5 Å². The third kappa shape index (κ3) is 10.1. The third-order valence-electron chi connectivity index (χ3n) is 13.9.